The molecule has 0 atom stereocenters. The van der Waals surface area contributed by atoms with Gasteiger partial charge in [-0.25, -0.2) is 0 Å². The third-order valence-electron chi connectivity index (χ3n) is 1.14. The van der Waals surface area contributed by atoms with Crippen LogP contribution in [0.4, 0.5) is 0 Å². The number of aliphatic imine (C=N–C) groups is 2. The molecular formula is C8H14N2S2-2. The van der Waals surface area contributed by atoms with E-state index in [-0.39, 0.29) is 0 Å². The van der Waals surface area contributed by atoms with Crippen LogP contribution in [0, 0.1) is 0 Å². The van der Waals surface area contributed by atoms with Crippen molar-refractivity contribution < 1.29 is 0 Å². The Balaban J connectivity index is 3.98. The minimum absolute atomic E-state index is 0.486. The molecule has 0 fully saturated rings. The molecule has 0 aromatic rings. The van der Waals surface area contributed by atoms with Crippen molar-refractivity contribution in [2.24, 2.45) is 9.98 Å². The molecule has 0 unspecified atom stereocenters. The molecule has 0 aromatic carbocycles. The second kappa shape index (κ2) is 7.43. The van der Waals surface area contributed by atoms with Gasteiger partial charge in [-0.2, -0.15) is 0 Å². The summed E-state index contributed by atoms with van der Waals surface area (Å²) in [5.41, 5.74) is 0. The Kier molecular flexibility index (Phi) is 7.29. The molecule has 0 bridgehead atoms. The molecular weight excluding hydrogens is 188 g/mol. The fourth-order valence-corrected chi connectivity index (χ4v) is 0.874. The second-order valence-electron chi connectivity index (χ2n) is 2.37. The molecule has 0 saturated carbocycles. The maximum Gasteiger partial charge on any atom is 0.0368 e. The Morgan fingerprint density at radius 1 is 0.917 bits per heavy atom. The molecule has 0 rings (SSSR count). The van der Waals surface area contributed by atoms with E-state index in [9.17, 15) is 0 Å². The van der Waals surface area contributed by atoms with Crippen LogP contribution in [0.1, 0.15) is 26.7 Å². The summed E-state index contributed by atoms with van der Waals surface area (Å²) in [7, 11) is 0. The predicted molar refractivity (Wildman–Crippen MR) is 59.9 cm³/mol. The molecule has 0 heterocycles. The molecule has 4 heteroatoms. The lowest BCUT2D eigenvalue weighted by molar-refractivity contribution is 0.931. The molecule has 0 aromatic heterocycles. The van der Waals surface area contributed by atoms with E-state index < -0.39 is 0 Å². The predicted octanol–water partition coefficient (Wildman–Crippen LogP) is 1.70. The van der Waals surface area contributed by atoms with E-state index in [2.05, 4.69) is 23.8 Å². The van der Waals surface area contributed by atoms with Crippen molar-refractivity contribution >= 4 is 35.3 Å². The van der Waals surface area contributed by atoms with E-state index in [4.69, 9.17) is 25.3 Å². The van der Waals surface area contributed by atoms with Crippen LogP contribution < -0.4 is 0 Å². The van der Waals surface area contributed by atoms with Gasteiger partial charge in [0.15, 0.2) is 0 Å². The van der Waals surface area contributed by atoms with Gasteiger partial charge >= 0.3 is 0 Å². The quantitative estimate of drug-likeness (QED) is 0.385. The first kappa shape index (κ1) is 11.8. The van der Waals surface area contributed by atoms with Crippen molar-refractivity contribution in [3.05, 3.63) is 0 Å². The lowest BCUT2D eigenvalue weighted by Crippen LogP contribution is -2.09. The maximum absolute atomic E-state index is 4.95. The second-order valence-corrected chi connectivity index (χ2v) is 3.15. The third-order valence-corrected chi connectivity index (χ3v) is 1.92. The summed E-state index contributed by atoms with van der Waals surface area (Å²) < 4.78 is 0. The molecule has 0 radical (unpaired) electrons. The largest absolute Gasteiger partial charge is 0.761 e. The van der Waals surface area contributed by atoms with Crippen LogP contribution in [0.2, 0.25) is 0 Å². The van der Waals surface area contributed by atoms with Crippen LogP contribution in [0.5, 0.6) is 0 Å². The van der Waals surface area contributed by atoms with E-state index in [1.54, 1.807) is 0 Å². The van der Waals surface area contributed by atoms with Gasteiger partial charge in [0.1, 0.15) is 0 Å². The number of rotatable bonds is 5. The van der Waals surface area contributed by atoms with Crippen molar-refractivity contribution in [1.82, 2.24) is 0 Å². The molecule has 2 nitrogen and oxygen atoms in total. The zero-order valence-corrected chi connectivity index (χ0v) is 9.17. The standard InChI is InChI=1S/C8H16N2S2/c1-3-5-9-7(11)8(12)10-6-4-2/h3-6H2,1-2H3,(H,9,11)(H,10,12)/p-2. The highest BCUT2D eigenvalue weighted by atomic mass is 32.1. The average Bonchev–Trinajstić information content (AvgIpc) is 2.10. The van der Waals surface area contributed by atoms with Gasteiger partial charge in [0.25, 0.3) is 0 Å². The lowest BCUT2D eigenvalue weighted by atomic mass is 10.5. The molecule has 0 saturated heterocycles. The van der Waals surface area contributed by atoms with E-state index in [1.807, 2.05) is 0 Å². The van der Waals surface area contributed by atoms with Gasteiger partial charge < -0.3 is 35.2 Å². The van der Waals surface area contributed by atoms with Crippen LogP contribution in [0.15, 0.2) is 9.98 Å². The highest BCUT2D eigenvalue weighted by Gasteiger charge is 1.79. The van der Waals surface area contributed by atoms with Crippen LogP contribution in [0.3, 0.4) is 0 Å². The smallest absolute Gasteiger partial charge is 0.0368 e. The number of hydrogen-bond acceptors (Lipinski definition) is 4. The molecule has 0 amide bonds. The fourth-order valence-electron chi connectivity index (χ4n) is 0.562. The molecule has 0 N–H and O–H groups in total. The monoisotopic (exact) mass is 202 g/mol. The van der Waals surface area contributed by atoms with Crippen molar-refractivity contribution in [3.8, 4) is 0 Å². The van der Waals surface area contributed by atoms with Crippen LogP contribution in [-0.4, -0.2) is 23.2 Å². The summed E-state index contributed by atoms with van der Waals surface area (Å²) in [4.78, 5) is 8.18. The SMILES string of the molecule is CCCN=C([S-])C([S-])=NCCC. The van der Waals surface area contributed by atoms with Gasteiger partial charge in [0.2, 0.25) is 0 Å². The van der Waals surface area contributed by atoms with Crippen molar-refractivity contribution in [2.75, 3.05) is 13.1 Å². The zero-order chi connectivity index (χ0) is 9.40. The van der Waals surface area contributed by atoms with Gasteiger partial charge in [0.05, 0.1) is 0 Å². The van der Waals surface area contributed by atoms with Gasteiger partial charge in [-0.1, -0.05) is 23.9 Å². The first-order chi connectivity index (χ1) is 5.72. The average molecular weight is 202 g/mol. The van der Waals surface area contributed by atoms with Crippen molar-refractivity contribution in [2.45, 2.75) is 26.7 Å². The molecule has 0 aliphatic heterocycles. The molecule has 0 aliphatic carbocycles. The van der Waals surface area contributed by atoms with Crippen LogP contribution in [-0.2, 0) is 25.3 Å². The van der Waals surface area contributed by atoms with Crippen LogP contribution >= 0.6 is 0 Å². The normalized spacial score (nSPS) is 13.5. The van der Waals surface area contributed by atoms with E-state index in [0.717, 1.165) is 25.9 Å². The summed E-state index contributed by atoms with van der Waals surface area (Å²) in [5.74, 6) is 0. The van der Waals surface area contributed by atoms with E-state index in [1.165, 1.54) is 0 Å². The minimum Gasteiger partial charge on any atom is -0.761 e. The van der Waals surface area contributed by atoms with Gasteiger partial charge in [-0.3, -0.25) is 0 Å². The first-order valence-corrected chi connectivity index (χ1v) is 4.97. The fraction of sp³-hybridized carbons (Fsp3) is 0.750. The Bertz CT molecular complexity index is 156. The molecule has 70 valence electrons. The molecule has 12 heavy (non-hydrogen) atoms. The summed E-state index contributed by atoms with van der Waals surface area (Å²) in [6, 6.07) is 0. The Morgan fingerprint density at radius 3 is 1.50 bits per heavy atom. The Labute approximate surface area is 85.4 Å². The van der Waals surface area contributed by atoms with Gasteiger partial charge in [0, 0.05) is 13.1 Å². The van der Waals surface area contributed by atoms with Gasteiger partial charge in [-0.05, 0) is 12.8 Å². The highest BCUT2D eigenvalue weighted by Crippen LogP contribution is 1.87. The van der Waals surface area contributed by atoms with E-state index >= 15 is 0 Å². The number of hydrogen-bond donors (Lipinski definition) is 0. The lowest BCUT2D eigenvalue weighted by Gasteiger charge is -2.19. The Hall–Kier alpha value is -0.220. The summed E-state index contributed by atoms with van der Waals surface area (Å²) in [6.07, 6.45) is 1.99. The third kappa shape index (κ3) is 5.43. The van der Waals surface area contributed by atoms with E-state index in [0.29, 0.717) is 10.1 Å². The minimum atomic E-state index is 0.486. The molecule has 0 spiro atoms. The highest BCUT2D eigenvalue weighted by molar-refractivity contribution is 7.92. The van der Waals surface area contributed by atoms with Crippen molar-refractivity contribution in [1.29, 1.82) is 0 Å². The maximum atomic E-state index is 4.95. The number of nitrogens with zero attached hydrogens (tertiary/aromatic N) is 2. The molecule has 0 aliphatic rings. The van der Waals surface area contributed by atoms with Crippen molar-refractivity contribution in [3.63, 3.8) is 0 Å². The summed E-state index contributed by atoms with van der Waals surface area (Å²) >= 11 is 9.91. The Morgan fingerprint density at radius 2 is 1.25 bits per heavy atom. The first-order valence-electron chi connectivity index (χ1n) is 4.15. The van der Waals surface area contributed by atoms with Crippen LogP contribution in [0.25, 0.3) is 0 Å². The van der Waals surface area contributed by atoms with Gasteiger partial charge in [-0.15, -0.1) is 0 Å². The summed E-state index contributed by atoms with van der Waals surface area (Å²) in [5, 5.41) is 0.973. The summed E-state index contributed by atoms with van der Waals surface area (Å²) in [6.45, 7) is 5.61. The zero-order valence-electron chi connectivity index (χ0n) is 7.54. The topological polar surface area (TPSA) is 24.7 Å².